The van der Waals surface area contributed by atoms with Crippen molar-refractivity contribution in [1.29, 1.82) is 5.26 Å². The lowest BCUT2D eigenvalue weighted by Crippen LogP contribution is -2.16. The van der Waals surface area contributed by atoms with Crippen LogP contribution in [-0.4, -0.2) is 32.4 Å². The Bertz CT molecular complexity index is 1450. The number of nitrogens with one attached hydrogen (secondary N) is 1. The van der Waals surface area contributed by atoms with Gasteiger partial charge in [0.15, 0.2) is 23.0 Å². The van der Waals surface area contributed by atoms with Gasteiger partial charge in [0, 0.05) is 4.88 Å². The Balaban J connectivity index is 1.50. The number of amides is 1. The molecular formula is C28H26N2O7S. The molecule has 196 valence electrons. The minimum Gasteiger partial charge on any atom is -0.493 e. The van der Waals surface area contributed by atoms with E-state index in [0.717, 1.165) is 16.0 Å². The smallest absolute Gasteiger partial charge is 0.341 e. The van der Waals surface area contributed by atoms with Crippen LogP contribution < -0.4 is 24.3 Å². The molecule has 4 rings (SSSR count). The second-order valence-electron chi connectivity index (χ2n) is 8.22. The van der Waals surface area contributed by atoms with Crippen LogP contribution in [0.2, 0.25) is 0 Å². The molecule has 0 radical (unpaired) electrons. The van der Waals surface area contributed by atoms with Gasteiger partial charge in [0.1, 0.15) is 23.3 Å². The number of ether oxygens (including phenoxy) is 5. The molecule has 0 spiro atoms. The van der Waals surface area contributed by atoms with Gasteiger partial charge in [-0.05, 0) is 67.8 Å². The lowest BCUT2D eigenvalue weighted by molar-refractivity contribution is -0.112. The van der Waals surface area contributed by atoms with E-state index < -0.39 is 11.9 Å². The maximum absolute atomic E-state index is 12.9. The Morgan fingerprint density at radius 3 is 2.66 bits per heavy atom. The summed E-state index contributed by atoms with van der Waals surface area (Å²) >= 11 is 1.26. The molecule has 1 aliphatic rings. The fraction of sp³-hybridized carbons (Fsp3) is 0.250. The molecule has 1 aromatic heterocycles. The van der Waals surface area contributed by atoms with Crippen LogP contribution in [0.1, 0.15) is 38.8 Å². The van der Waals surface area contributed by atoms with E-state index in [1.165, 1.54) is 24.5 Å². The van der Waals surface area contributed by atoms with E-state index in [4.69, 9.17) is 23.7 Å². The number of thiophene rings is 1. The van der Waals surface area contributed by atoms with Crippen molar-refractivity contribution in [3.8, 4) is 29.1 Å². The van der Waals surface area contributed by atoms with Crippen LogP contribution in [-0.2, 0) is 16.1 Å². The van der Waals surface area contributed by atoms with Crippen molar-refractivity contribution in [3.05, 3.63) is 69.1 Å². The Morgan fingerprint density at radius 2 is 1.92 bits per heavy atom. The van der Waals surface area contributed by atoms with Gasteiger partial charge in [-0.2, -0.15) is 5.26 Å². The van der Waals surface area contributed by atoms with Crippen molar-refractivity contribution >= 4 is 34.3 Å². The molecule has 9 nitrogen and oxygen atoms in total. The lowest BCUT2D eigenvalue weighted by Gasteiger charge is -2.12. The van der Waals surface area contributed by atoms with Gasteiger partial charge in [-0.3, -0.25) is 4.79 Å². The molecule has 0 saturated heterocycles. The van der Waals surface area contributed by atoms with Gasteiger partial charge in [0.05, 0.1) is 19.3 Å². The van der Waals surface area contributed by atoms with Crippen LogP contribution in [0.15, 0.2) is 42.0 Å². The van der Waals surface area contributed by atoms with Crippen molar-refractivity contribution in [3.63, 3.8) is 0 Å². The van der Waals surface area contributed by atoms with E-state index in [-0.39, 0.29) is 25.6 Å². The first-order chi connectivity index (χ1) is 18.3. The second-order valence-corrected chi connectivity index (χ2v) is 9.44. The summed E-state index contributed by atoms with van der Waals surface area (Å²) < 4.78 is 27.3. The van der Waals surface area contributed by atoms with Crippen LogP contribution in [0.4, 0.5) is 5.00 Å². The standard InChI is InChI=1S/C28H26N2O7S/c1-5-34-28(32)25-16(2)17(3)38-27(25)30-26(31)20(13-29)10-18-6-8-21(23(11-18)33-4)35-14-19-7-9-22-24(12-19)37-15-36-22/h6-12H,5,14-15H2,1-4H3,(H,30,31)/b20-10+. The first-order valence-corrected chi connectivity index (χ1v) is 12.6. The molecule has 0 unspecified atom stereocenters. The molecule has 1 N–H and O–H groups in total. The van der Waals surface area contributed by atoms with Gasteiger partial charge in [-0.1, -0.05) is 12.1 Å². The van der Waals surface area contributed by atoms with E-state index in [2.05, 4.69) is 5.32 Å². The summed E-state index contributed by atoms with van der Waals surface area (Å²) in [6.07, 6.45) is 1.44. The van der Waals surface area contributed by atoms with Crippen LogP contribution in [0.5, 0.6) is 23.0 Å². The van der Waals surface area contributed by atoms with Crippen LogP contribution >= 0.6 is 11.3 Å². The van der Waals surface area contributed by atoms with E-state index in [0.29, 0.717) is 39.1 Å². The van der Waals surface area contributed by atoms with Gasteiger partial charge >= 0.3 is 5.97 Å². The topological polar surface area (TPSA) is 116 Å². The Kier molecular flexibility index (Phi) is 8.19. The summed E-state index contributed by atoms with van der Waals surface area (Å²) in [5, 5.41) is 12.7. The average molecular weight is 535 g/mol. The van der Waals surface area contributed by atoms with E-state index in [9.17, 15) is 14.9 Å². The quantitative estimate of drug-likeness (QED) is 0.220. The number of carbonyl (C=O) groups excluding carboxylic acids is 2. The number of aryl methyl sites for hydroxylation is 1. The number of methoxy groups -OCH3 is 1. The summed E-state index contributed by atoms with van der Waals surface area (Å²) in [6, 6.07) is 12.6. The Labute approximate surface area is 224 Å². The molecule has 0 aliphatic carbocycles. The molecule has 0 saturated carbocycles. The molecule has 3 aromatic rings. The molecule has 2 aromatic carbocycles. The summed E-state index contributed by atoms with van der Waals surface area (Å²) in [5.41, 5.74) is 2.34. The molecule has 1 amide bonds. The number of rotatable bonds is 9. The number of hydrogen-bond acceptors (Lipinski definition) is 9. The zero-order chi connectivity index (χ0) is 27.2. The highest BCUT2D eigenvalue weighted by molar-refractivity contribution is 7.16. The van der Waals surface area contributed by atoms with Gasteiger partial charge < -0.3 is 29.0 Å². The highest BCUT2D eigenvalue weighted by atomic mass is 32.1. The van der Waals surface area contributed by atoms with Gasteiger partial charge in [-0.25, -0.2) is 4.79 Å². The Morgan fingerprint density at radius 1 is 1.13 bits per heavy atom. The number of fused-ring (bicyclic) bond motifs is 1. The molecular weight excluding hydrogens is 508 g/mol. The molecule has 1 aliphatic heterocycles. The van der Waals surface area contributed by atoms with Crippen LogP contribution in [0.3, 0.4) is 0 Å². The number of anilines is 1. The minimum absolute atomic E-state index is 0.139. The summed E-state index contributed by atoms with van der Waals surface area (Å²) in [5.74, 6) is 1.14. The van der Waals surface area contributed by atoms with Crippen molar-refractivity contribution in [2.24, 2.45) is 0 Å². The number of nitriles is 1. The molecule has 0 atom stereocenters. The zero-order valence-electron chi connectivity index (χ0n) is 21.4. The summed E-state index contributed by atoms with van der Waals surface area (Å²) in [6.45, 7) is 6.03. The van der Waals surface area contributed by atoms with Gasteiger partial charge in [0.25, 0.3) is 5.91 Å². The van der Waals surface area contributed by atoms with Crippen LogP contribution in [0, 0.1) is 25.2 Å². The normalized spacial score (nSPS) is 12.0. The molecule has 10 heteroatoms. The highest BCUT2D eigenvalue weighted by Crippen LogP contribution is 2.35. The molecule has 0 fully saturated rings. The maximum Gasteiger partial charge on any atom is 0.341 e. The SMILES string of the molecule is CCOC(=O)c1c(NC(=O)/C(C#N)=C/c2ccc(OCc3ccc4c(c3)OCO4)c(OC)c2)sc(C)c1C. The van der Waals surface area contributed by atoms with E-state index >= 15 is 0 Å². The van der Waals surface area contributed by atoms with Gasteiger partial charge in [-0.15, -0.1) is 11.3 Å². The number of esters is 1. The molecule has 0 bridgehead atoms. The van der Waals surface area contributed by atoms with Crippen molar-refractivity contribution < 1.29 is 33.3 Å². The average Bonchev–Trinajstić information content (AvgIpc) is 3.49. The summed E-state index contributed by atoms with van der Waals surface area (Å²) in [7, 11) is 1.51. The third-order valence-electron chi connectivity index (χ3n) is 5.79. The van der Waals surface area contributed by atoms with E-state index in [1.54, 1.807) is 32.0 Å². The third kappa shape index (κ3) is 5.74. The predicted molar refractivity (Wildman–Crippen MR) is 142 cm³/mol. The zero-order valence-corrected chi connectivity index (χ0v) is 22.2. The Hall–Kier alpha value is -4.49. The molecule has 2 heterocycles. The second kappa shape index (κ2) is 11.7. The number of hydrogen-bond donors (Lipinski definition) is 1. The van der Waals surface area contributed by atoms with Crippen molar-refractivity contribution in [2.45, 2.75) is 27.4 Å². The maximum atomic E-state index is 12.9. The largest absolute Gasteiger partial charge is 0.493 e. The fourth-order valence-corrected chi connectivity index (χ4v) is 4.78. The monoisotopic (exact) mass is 534 g/mol. The van der Waals surface area contributed by atoms with Gasteiger partial charge in [0.2, 0.25) is 6.79 Å². The number of nitrogens with zero attached hydrogens (tertiary/aromatic N) is 1. The first kappa shape index (κ1) is 26.6. The highest BCUT2D eigenvalue weighted by Gasteiger charge is 2.23. The predicted octanol–water partition coefficient (Wildman–Crippen LogP) is 5.40. The molecule has 38 heavy (non-hydrogen) atoms. The first-order valence-electron chi connectivity index (χ1n) is 11.7. The lowest BCUT2D eigenvalue weighted by atomic mass is 10.1. The van der Waals surface area contributed by atoms with Crippen molar-refractivity contribution in [2.75, 3.05) is 25.8 Å². The summed E-state index contributed by atoms with van der Waals surface area (Å²) in [4.78, 5) is 26.2. The fourth-order valence-electron chi connectivity index (χ4n) is 3.73. The van der Waals surface area contributed by atoms with E-state index in [1.807, 2.05) is 31.2 Å². The number of carbonyl (C=O) groups is 2. The minimum atomic E-state index is -0.638. The van der Waals surface area contributed by atoms with Crippen molar-refractivity contribution in [1.82, 2.24) is 0 Å². The number of benzene rings is 2. The third-order valence-corrected chi connectivity index (χ3v) is 6.91. The van der Waals surface area contributed by atoms with Crippen LogP contribution in [0.25, 0.3) is 6.08 Å².